The Morgan fingerprint density at radius 3 is 3.00 bits per heavy atom. The number of rotatable bonds is 0. The van der Waals surface area contributed by atoms with Gasteiger partial charge in [0.1, 0.15) is 6.04 Å². The third-order valence-electron chi connectivity index (χ3n) is 4.81. The maximum atomic E-state index is 12.6. The molecule has 1 N–H and O–H groups in total. The standard InChI is InChI=1S/C17H19N3O/c1-17(2)8-5-9-20-14-11-6-3-4-7-12(11)18-10-13(14)19-16(21)15(17)20/h3-4,6-7,10,15H,5,8-9H2,1-2H3,(H,19,21). The van der Waals surface area contributed by atoms with E-state index in [4.69, 9.17) is 0 Å². The van der Waals surface area contributed by atoms with Gasteiger partial charge in [0.25, 0.3) is 0 Å². The molecule has 1 atom stereocenters. The molecule has 2 aliphatic heterocycles. The molecular weight excluding hydrogens is 262 g/mol. The number of pyridine rings is 1. The molecule has 1 unspecified atom stereocenters. The summed E-state index contributed by atoms with van der Waals surface area (Å²) in [5, 5.41) is 4.19. The van der Waals surface area contributed by atoms with Gasteiger partial charge in [-0.1, -0.05) is 32.0 Å². The highest BCUT2D eigenvalue weighted by Crippen LogP contribution is 2.45. The molecule has 0 spiro atoms. The average molecular weight is 281 g/mol. The number of nitrogens with zero attached hydrogens (tertiary/aromatic N) is 2. The van der Waals surface area contributed by atoms with Crippen molar-refractivity contribution in [2.45, 2.75) is 32.7 Å². The van der Waals surface area contributed by atoms with Gasteiger partial charge >= 0.3 is 0 Å². The van der Waals surface area contributed by atoms with E-state index in [1.807, 2.05) is 18.2 Å². The SMILES string of the molecule is CC1(C)CCCN2c3c(cnc4ccccc34)NC(=O)C21. The van der Waals surface area contributed by atoms with Crippen LogP contribution >= 0.6 is 0 Å². The lowest BCUT2D eigenvalue weighted by Crippen LogP contribution is -2.58. The van der Waals surface area contributed by atoms with Crippen LogP contribution in [0.1, 0.15) is 26.7 Å². The van der Waals surface area contributed by atoms with Crippen LogP contribution in [0.5, 0.6) is 0 Å². The Morgan fingerprint density at radius 2 is 2.14 bits per heavy atom. The van der Waals surface area contributed by atoms with Crippen molar-refractivity contribution in [2.75, 3.05) is 16.8 Å². The molecule has 4 heteroatoms. The van der Waals surface area contributed by atoms with Crippen LogP contribution in [0, 0.1) is 5.41 Å². The number of carbonyl (C=O) groups excluding carboxylic acids is 1. The molecule has 1 fully saturated rings. The number of hydrogen-bond acceptors (Lipinski definition) is 3. The molecule has 2 aromatic rings. The lowest BCUT2D eigenvalue weighted by Gasteiger charge is -2.49. The molecule has 0 saturated carbocycles. The lowest BCUT2D eigenvalue weighted by atomic mass is 9.74. The zero-order valence-electron chi connectivity index (χ0n) is 12.4. The number of amides is 1. The van der Waals surface area contributed by atoms with Crippen molar-refractivity contribution >= 4 is 28.2 Å². The van der Waals surface area contributed by atoms with Crippen LogP contribution in [0.2, 0.25) is 0 Å². The molecule has 1 aromatic heterocycles. The van der Waals surface area contributed by atoms with E-state index in [-0.39, 0.29) is 17.4 Å². The van der Waals surface area contributed by atoms with E-state index < -0.39 is 0 Å². The predicted molar refractivity (Wildman–Crippen MR) is 84.5 cm³/mol. The number of para-hydroxylation sites is 1. The molecule has 2 aliphatic rings. The van der Waals surface area contributed by atoms with E-state index in [2.05, 4.69) is 35.1 Å². The summed E-state index contributed by atoms with van der Waals surface area (Å²) < 4.78 is 0. The fourth-order valence-corrected chi connectivity index (χ4v) is 3.86. The maximum Gasteiger partial charge on any atom is 0.247 e. The molecule has 0 bridgehead atoms. The summed E-state index contributed by atoms with van der Waals surface area (Å²) in [4.78, 5) is 19.3. The molecule has 4 rings (SSSR count). The van der Waals surface area contributed by atoms with Gasteiger partial charge in [0, 0.05) is 11.9 Å². The zero-order valence-corrected chi connectivity index (χ0v) is 12.4. The molecule has 1 saturated heterocycles. The molecule has 0 radical (unpaired) electrons. The summed E-state index contributed by atoms with van der Waals surface area (Å²) in [7, 11) is 0. The normalized spacial score (nSPS) is 23.4. The van der Waals surface area contributed by atoms with Crippen LogP contribution in [0.3, 0.4) is 0 Å². The van der Waals surface area contributed by atoms with Gasteiger partial charge in [-0.25, -0.2) is 0 Å². The molecule has 3 heterocycles. The quantitative estimate of drug-likeness (QED) is 0.806. The van der Waals surface area contributed by atoms with Crippen LogP contribution in [0.25, 0.3) is 10.9 Å². The molecule has 1 aromatic carbocycles. The number of anilines is 2. The van der Waals surface area contributed by atoms with E-state index >= 15 is 0 Å². The fourth-order valence-electron chi connectivity index (χ4n) is 3.86. The van der Waals surface area contributed by atoms with Gasteiger partial charge in [-0.15, -0.1) is 0 Å². The predicted octanol–water partition coefficient (Wildman–Crippen LogP) is 3.18. The van der Waals surface area contributed by atoms with Crippen LogP contribution in [0.4, 0.5) is 11.4 Å². The van der Waals surface area contributed by atoms with Gasteiger partial charge in [-0.05, 0) is 24.3 Å². The Bertz CT molecular complexity index is 738. The van der Waals surface area contributed by atoms with Crippen LogP contribution in [0.15, 0.2) is 30.5 Å². The first-order valence-corrected chi connectivity index (χ1v) is 7.53. The van der Waals surface area contributed by atoms with Crippen LogP contribution in [-0.2, 0) is 4.79 Å². The molecule has 0 aliphatic carbocycles. The zero-order chi connectivity index (χ0) is 14.6. The van der Waals surface area contributed by atoms with Gasteiger partial charge in [0.2, 0.25) is 5.91 Å². The minimum absolute atomic E-state index is 0.00953. The largest absolute Gasteiger partial charge is 0.357 e. The van der Waals surface area contributed by atoms with E-state index in [0.29, 0.717) is 0 Å². The van der Waals surface area contributed by atoms with Crippen molar-refractivity contribution < 1.29 is 4.79 Å². The number of carbonyl (C=O) groups is 1. The van der Waals surface area contributed by atoms with Crippen molar-refractivity contribution in [2.24, 2.45) is 5.41 Å². The Kier molecular flexibility index (Phi) is 2.52. The first kappa shape index (κ1) is 12.6. The first-order chi connectivity index (χ1) is 10.1. The summed E-state index contributed by atoms with van der Waals surface area (Å²) in [5.74, 6) is 0.101. The van der Waals surface area contributed by atoms with Gasteiger partial charge < -0.3 is 10.2 Å². The number of benzene rings is 1. The molecule has 4 nitrogen and oxygen atoms in total. The summed E-state index contributed by atoms with van der Waals surface area (Å²) in [5.41, 5.74) is 2.95. The summed E-state index contributed by atoms with van der Waals surface area (Å²) in [6, 6.07) is 8.06. The Hall–Kier alpha value is -2.10. The Morgan fingerprint density at radius 1 is 1.33 bits per heavy atom. The van der Waals surface area contributed by atoms with Crippen molar-refractivity contribution in [1.29, 1.82) is 0 Å². The average Bonchev–Trinajstić information content (AvgIpc) is 2.45. The van der Waals surface area contributed by atoms with Crippen molar-refractivity contribution in [3.05, 3.63) is 30.5 Å². The second-order valence-electron chi connectivity index (χ2n) is 6.71. The van der Waals surface area contributed by atoms with Gasteiger partial charge in [-0.2, -0.15) is 0 Å². The third kappa shape index (κ3) is 1.75. The van der Waals surface area contributed by atoms with Crippen molar-refractivity contribution in [3.8, 4) is 0 Å². The third-order valence-corrected chi connectivity index (χ3v) is 4.81. The number of aromatic nitrogens is 1. The number of fused-ring (bicyclic) bond motifs is 5. The second kappa shape index (κ2) is 4.20. The number of piperidine rings is 1. The van der Waals surface area contributed by atoms with Crippen molar-refractivity contribution in [3.63, 3.8) is 0 Å². The highest BCUT2D eigenvalue weighted by molar-refractivity contribution is 6.10. The second-order valence-corrected chi connectivity index (χ2v) is 6.71. The molecule has 21 heavy (non-hydrogen) atoms. The molecule has 108 valence electrons. The van der Waals surface area contributed by atoms with Crippen LogP contribution in [-0.4, -0.2) is 23.5 Å². The summed E-state index contributed by atoms with van der Waals surface area (Å²) in [6.07, 6.45) is 3.99. The van der Waals surface area contributed by atoms with Crippen LogP contribution < -0.4 is 10.2 Å². The van der Waals surface area contributed by atoms with Gasteiger partial charge in [0.05, 0.1) is 23.1 Å². The minimum Gasteiger partial charge on any atom is -0.357 e. The van der Waals surface area contributed by atoms with E-state index in [1.54, 1.807) is 6.20 Å². The van der Waals surface area contributed by atoms with Crippen molar-refractivity contribution in [1.82, 2.24) is 4.98 Å². The monoisotopic (exact) mass is 281 g/mol. The van der Waals surface area contributed by atoms with Gasteiger partial charge in [-0.3, -0.25) is 9.78 Å². The number of nitrogens with one attached hydrogen (secondary N) is 1. The highest BCUT2D eigenvalue weighted by Gasteiger charge is 2.46. The van der Waals surface area contributed by atoms with E-state index in [1.165, 1.54) is 0 Å². The lowest BCUT2D eigenvalue weighted by molar-refractivity contribution is -0.120. The highest BCUT2D eigenvalue weighted by atomic mass is 16.2. The van der Waals surface area contributed by atoms with E-state index in [9.17, 15) is 4.79 Å². The summed E-state index contributed by atoms with van der Waals surface area (Å²) in [6.45, 7) is 5.32. The summed E-state index contributed by atoms with van der Waals surface area (Å²) >= 11 is 0. The Labute approximate surface area is 124 Å². The maximum absolute atomic E-state index is 12.6. The molecular formula is C17H19N3O. The number of hydrogen-bond donors (Lipinski definition) is 1. The molecule has 1 amide bonds. The fraction of sp³-hybridized carbons (Fsp3) is 0.412. The minimum atomic E-state index is -0.0930. The van der Waals surface area contributed by atoms with Gasteiger partial charge in [0.15, 0.2) is 0 Å². The Balaban J connectivity index is 1.97. The first-order valence-electron chi connectivity index (χ1n) is 7.53. The smallest absolute Gasteiger partial charge is 0.247 e. The van der Waals surface area contributed by atoms with E-state index in [0.717, 1.165) is 41.7 Å². The topological polar surface area (TPSA) is 45.2 Å².